The van der Waals surface area contributed by atoms with Crippen LogP contribution in [0.1, 0.15) is 19.8 Å². The van der Waals surface area contributed by atoms with Crippen LogP contribution < -0.4 is 5.73 Å². The first-order valence-electron chi connectivity index (χ1n) is 4.97. The Kier molecular flexibility index (Phi) is 6.10. The predicted octanol–water partition coefficient (Wildman–Crippen LogP) is 1.69. The summed E-state index contributed by atoms with van der Waals surface area (Å²) in [5, 5.41) is 0. The number of carbonyl (C=O) groups excluding carboxylic acids is 1. The van der Waals surface area contributed by atoms with E-state index in [2.05, 4.69) is 6.58 Å². The summed E-state index contributed by atoms with van der Waals surface area (Å²) in [6.07, 6.45) is -2.70. The van der Waals surface area contributed by atoms with Crippen LogP contribution in [-0.4, -0.2) is 36.1 Å². The van der Waals surface area contributed by atoms with Gasteiger partial charge in [0.05, 0.1) is 0 Å². The summed E-state index contributed by atoms with van der Waals surface area (Å²) in [7, 11) is 0. The third kappa shape index (κ3) is 7.28. The van der Waals surface area contributed by atoms with Gasteiger partial charge in [-0.2, -0.15) is 13.2 Å². The highest BCUT2D eigenvalue weighted by molar-refractivity contribution is 5.76. The molecule has 0 heterocycles. The molecule has 1 unspecified atom stereocenters. The number of amides is 1. The third-order valence-electron chi connectivity index (χ3n) is 1.89. The molecule has 0 rings (SSSR count). The molecule has 0 radical (unpaired) electrons. The van der Waals surface area contributed by atoms with Gasteiger partial charge in [-0.3, -0.25) is 4.79 Å². The monoisotopic (exact) mass is 238 g/mol. The Labute approximate surface area is 93.1 Å². The minimum atomic E-state index is -4.38. The molecule has 0 aromatic heterocycles. The molecule has 0 aromatic carbocycles. The first-order valence-corrected chi connectivity index (χ1v) is 4.97. The van der Waals surface area contributed by atoms with Crippen molar-refractivity contribution in [3.8, 4) is 0 Å². The van der Waals surface area contributed by atoms with Gasteiger partial charge >= 0.3 is 6.18 Å². The lowest BCUT2D eigenvalue weighted by Crippen LogP contribution is -2.39. The second-order valence-corrected chi connectivity index (χ2v) is 3.69. The van der Waals surface area contributed by atoms with Crippen molar-refractivity contribution in [3.05, 3.63) is 12.7 Å². The van der Waals surface area contributed by atoms with E-state index in [1.807, 2.05) is 0 Å². The lowest BCUT2D eigenvalue weighted by atomic mass is 10.2. The molecule has 1 amide bonds. The van der Waals surface area contributed by atoms with Crippen molar-refractivity contribution in [1.29, 1.82) is 0 Å². The topological polar surface area (TPSA) is 46.3 Å². The number of hydrogen-bond donors (Lipinski definition) is 1. The van der Waals surface area contributed by atoms with Crippen LogP contribution in [0.3, 0.4) is 0 Å². The Morgan fingerprint density at radius 2 is 2.12 bits per heavy atom. The van der Waals surface area contributed by atoms with Crippen LogP contribution in [0.15, 0.2) is 12.7 Å². The Balaban J connectivity index is 4.29. The lowest BCUT2D eigenvalue weighted by Gasteiger charge is -2.22. The lowest BCUT2D eigenvalue weighted by molar-refractivity contribution is -0.160. The number of nitrogens with two attached hydrogens (primary N) is 1. The molecule has 0 aliphatic carbocycles. The van der Waals surface area contributed by atoms with Gasteiger partial charge in [0.15, 0.2) is 0 Å². The zero-order valence-electron chi connectivity index (χ0n) is 9.26. The number of nitrogens with zero attached hydrogens (tertiary/aromatic N) is 1. The molecular formula is C10H17F3N2O. The van der Waals surface area contributed by atoms with E-state index in [9.17, 15) is 18.0 Å². The highest BCUT2D eigenvalue weighted by Gasteiger charge is 2.32. The molecule has 6 heteroatoms. The smallest absolute Gasteiger partial charge is 0.330 e. The molecule has 16 heavy (non-hydrogen) atoms. The first kappa shape index (κ1) is 15.0. The number of rotatable bonds is 6. The maximum atomic E-state index is 12.1. The van der Waals surface area contributed by atoms with Crippen LogP contribution in [0.4, 0.5) is 13.2 Å². The minimum Gasteiger partial charge on any atom is -0.330 e. The second-order valence-electron chi connectivity index (χ2n) is 3.69. The van der Waals surface area contributed by atoms with Gasteiger partial charge in [0.1, 0.15) is 6.54 Å². The summed E-state index contributed by atoms with van der Waals surface area (Å²) >= 11 is 0. The zero-order chi connectivity index (χ0) is 12.8. The fourth-order valence-corrected chi connectivity index (χ4v) is 1.14. The van der Waals surface area contributed by atoms with E-state index in [1.54, 1.807) is 6.92 Å². The van der Waals surface area contributed by atoms with Crippen LogP contribution in [0.5, 0.6) is 0 Å². The minimum absolute atomic E-state index is 0.0294. The van der Waals surface area contributed by atoms with Gasteiger partial charge in [-0.05, 0) is 13.3 Å². The van der Waals surface area contributed by atoms with Crippen molar-refractivity contribution < 1.29 is 18.0 Å². The van der Waals surface area contributed by atoms with Crippen molar-refractivity contribution in [2.24, 2.45) is 5.73 Å². The fraction of sp³-hybridized carbons (Fsp3) is 0.700. The van der Waals surface area contributed by atoms with Gasteiger partial charge < -0.3 is 10.6 Å². The van der Waals surface area contributed by atoms with Gasteiger partial charge in [-0.15, -0.1) is 6.58 Å². The fourth-order valence-electron chi connectivity index (χ4n) is 1.14. The zero-order valence-corrected chi connectivity index (χ0v) is 9.26. The average Bonchev–Trinajstić information content (AvgIpc) is 2.11. The number of halogens is 3. The highest BCUT2D eigenvalue weighted by atomic mass is 19.4. The summed E-state index contributed by atoms with van der Waals surface area (Å²) in [4.78, 5) is 12.2. The molecule has 0 aliphatic heterocycles. The Hall–Kier alpha value is -1.04. The van der Waals surface area contributed by atoms with E-state index in [0.717, 1.165) is 4.90 Å². The van der Waals surface area contributed by atoms with E-state index in [0.29, 0.717) is 6.42 Å². The summed E-state index contributed by atoms with van der Waals surface area (Å²) in [6, 6.07) is -0.194. The van der Waals surface area contributed by atoms with Gasteiger partial charge in [0, 0.05) is 19.0 Å². The third-order valence-corrected chi connectivity index (χ3v) is 1.89. The molecule has 0 aromatic rings. The Morgan fingerprint density at radius 3 is 2.50 bits per heavy atom. The number of alkyl halides is 3. The number of carbonyl (C=O) groups is 1. The SMILES string of the molecule is C=CCN(CC(F)(F)F)C(=O)CCC(C)N. The van der Waals surface area contributed by atoms with Crippen LogP contribution in [0, 0.1) is 0 Å². The van der Waals surface area contributed by atoms with E-state index < -0.39 is 18.6 Å². The van der Waals surface area contributed by atoms with E-state index in [1.165, 1.54) is 6.08 Å². The predicted molar refractivity (Wildman–Crippen MR) is 55.7 cm³/mol. The molecule has 0 saturated carbocycles. The quantitative estimate of drug-likeness (QED) is 0.716. The number of hydrogen-bond acceptors (Lipinski definition) is 2. The molecule has 1 atom stereocenters. The van der Waals surface area contributed by atoms with Crippen molar-refractivity contribution >= 4 is 5.91 Å². The largest absolute Gasteiger partial charge is 0.406 e. The van der Waals surface area contributed by atoms with Crippen molar-refractivity contribution in [2.75, 3.05) is 13.1 Å². The Bertz CT molecular complexity index is 239. The maximum Gasteiger partial charge on any atom is 0.406 e. The normalized spacial score (nSPS) is 13.3. The van der Waals surface area contributed by atoms with Crippen LogP contribution >= 0.6 is 0 Å². The van der Waals surface area contributed by atoms with Crippen LogP contribution in [0.2, 0.25) is 0 Å². The molecule has 0 saturated heterocycles. The van der Waals surface area contributed by atoms with E-state index in [-0.39, 0.29) is 19.0 Å². The summed E-state index contributed by atoms with van der Waals surface area (Å²) < 4.78 is 36.4. The van der Waals surface area contributed by atoms with Crippen molar-refractivity contribution in [1.82, 2.24) is 4.90 Å². The molecule has 0 fully saturated rings. The maximum absolute atomic E-state index is 12.1. The van der Waals surface area contributed by atoms with Gasteiger partial charge in [0.2, 0.25) is 5.91 Å². The molecule has 0 spiro atoms. The van der Waals surface area contributed by atoms with E-state index in [4.69, 9.17) is 5.73 Å². The standard InChI is InChI=1S/C10H17F3N2O/c1-3-6-15(7-10(11,12)13)9(16)5-4-8(2)14/h3,8H,1,4-7,14H2,2H3. The second kappa shape index (κ2) is 6.52. The Morgan fingerprint density at radius 1 is 1.56 bits per heavy atom. The molecule has 0 aliphatic rings. The van der Waals surface area contributed by atoms with Crippen LogP contribution in [-0.2, 0) is 4.79 Å². The molecule has 3 nitrogen and oxygen atoms in total. The average molecular weight is 238 g/mol. The van der Waals surface area contributed by atoms with Gasteiger partial charge in [0.25, 0.3) is 0 Å². The highest BCUT2D eigenvalue weighted by Crippen LogP contribution is 2.17. The van der Waals surface area contributed by atoms with Crippen LogP contribution in [0.25, 0.3) is 0 Å². The summed E-state index contributed by atoms with van der Waals surface area (Å²) in [6.45, 7) is 3.69. The molecule has 0 bridgehead atoms. The summed E-state index contributed by atoms with van der Waals surface area (Å²) in [5.41, 5.74) is 5.43. The van der Waals surface area contributed by atoms with Crippen molar-refractivity contribution in [3.63, 3.8) is 0 Å². The first-order chi connectivity index (χ1) is 7.26. The van der Waals surface area contributed by atoms with Crippen molar-refractivity contribution in [2.45, 2.75) is 32.0 Å². The summed E-state index contributed by atoms with van der Waals surface area (Å²) in [5.74, 6) is -0.547. The molecule has 94 valence electrons. The van der Waals surface area contributed by atoms with E-state index >= 15 is 0 Å². The van der Waals surface area contributed by atoms with Gasteiger partial charge in [-0.1, -0.05) is 6.08 Å². The molecular weight excluding hydrogens is 221 g/mol. The van der Waals surface area contributed by atoms with Gasteiger partial charge in [-0.25, -0.2) is 0 Å². The molecule has 2 N–H and O–H groups in total.